The molecule has 76 valence electrons. The summed E-state index contributed by atoms with van der Waals surface area (Å²) in [6.45, 7) is 0. The van der Waals surface area contributed by atoms with Gasteiger partial charge in [0.05, 0.1) is 0 Å². The van der Waals surface area contributed by atoms with Crippen LogP contribution in [-0.2, 0) is 0 Å². The van der Waals surface area contributed by atoms with E-state index in [1.54, 1.807) is 24.3 Å². The highest BCUT2D eigenvalue weighted by molar-refractivity contribution is 6.30. The van der Waals surface area contributed by atoms with E-state index in [9.17, 15) is 5.11 Å². The van der Waals surface area contributed by atoms with Crippen LogP contribution in [0.15, 0.2) is 42.5 Å². The van der Waals surface area contributed by atoms with Crippen LogP contribution < -0.4 is 5.73 Å². The van der Waals surface area contributed by atoms with Crippen molar-refractivity contribution in [3.05, 3.63) is 47.5 Å². The van der Waals surface area contributed by atoms with Crippen molar-refractivity contribution in [2.75, 3.05) is 5.73 Å². The van der Waals surface area contributed by atoms with Gasteiger partial charge in [0.15, 0.2) is 0 Å². The van der Waals surface area contributed by atoms with Crippen molar-refractivity contribution in [1.82, 2.24) is 0 Å². The molecule has 0 unspecified atom stereocenters. The molecule has 0 saturated carbocycles. The average Bonchev–Trinajstić information content (AvgIpc) is 2.17. The maximum absolute atomic E-state index is 9.71. The second-order valence-electron chi connectivity index (χ2n) is 3.29. The molecule has 0 radical (unpaired) electrons. The molecule has 0 amide bonds. The van der Waals surface area contributed by atoms with Gasteiger partial charge in [0.25, 0.3) is 0 Å². The summed E-state index contributed by atoms with van der Waals surface area (Å²) in [6.07, 6.45) is 0. The Hall–Kier alpha value is -1.67. The van der Waals surface area contributed by atoms with E-state index < -0.39 is 0 Å². The highest BCUT2D eigenvalue weighted by Gasteiger charge is 2.04. The number of rotatable bonds is 1. The molecule has 0 fully saturated rings. The molecule has 2 aromatic carbocycles. The maximum atomic E-state index is 9.71. The van der Waals surface area contributed by atoms with Crippen LogP contribution in [0.2, 0.25) is 5.02 Å². The van der Waals surface area contributed by atoms with Crippen LogP contribution in [-0.4, -0.2) is 5.11 Å². The molecule has 0 aliphatic rings. The van der Waals surface area contributed by atoms with Crippen molar-refractivity contribution in [3.63, 3.8) is 0 Å². The van der Waals surface area contributed by atoms with Gasteiger partial charge in [0.2, 0.25) is 0 Å². The second kappa shape index (κ2) is 3.83. The zero-order valence-corrected chi connectivity index (χ0v) is 8.70. The number of benzene rings is 2. The Morgan fingerprint density at radius 3 is 2.53 bits per heavy atom. The van der Waals surface area contributed by atoms with Crippen LogP contribution in [0, 0.1) is 0 Å². The Bertz CT molecular complexity index is 497. The lowest BCUT2D eigenvalue weighted by molar-refractivity contribution is 0.477. The van der Waals surface area contributed by atoms with Gasteiger partial charge in [-0.3, -0.25) is 0 Å². The number of phenolic OH excluding ortho intramolecular Hbond substituents is 1. The summed E-state index contributed by atoms with van der Waals surface area (Å²) < 4.78 is 0. The minimum Gasteiger partial charge on any atom is -0.507 e. The van der Waals surface area contributed by atoms with Crippen molar-refractivity contribution < 1.29 is 5.11 Å². The molecular formula is C12H10ClNO. The van der Waals surface area contributed by atoms with Crippen molar-refractivity contribution in [1.29, 1.82) is 0 Å². The van der Waals surface area contributed by atoms with E-state index in [2.05, 4.69) is 0 Å². The number of nitrogen functional groups attached to an aromatic ring is 1. The molecule has 0 spiro atoms. The van der Waals surface area contributed by atoms with Gasteiger partial charge in [0, 0.05) is 22.3 Å². The molecular weight excluding hydrogens is 210 g/mol. The first-order valence-corrected chi connectivity index (χ1v) is 4.89. The van der Waals surface area contributed by atoms with E-state index in [0.29, 0.717) is 10.7 Å². The van der Waals surface area contributed by atoms with Crippen molar-refractivity contribution in [2.24, 2.45) is 0 Å². The molecule has 0 aliphatic carbocycles. The lowest BCUT2D eigenvalue weighted by Crippen LogP contribution is -1.85. The maximum Gasteiger partial charge on any atom is 0.125 e. The topological polar surface area (TPSA) is 46.2 Å². The summed E-state index contributed by atoms with van der Waals surface area (Å²) in [6, 6.07) is 12.4. The quantitative estimate of drug-likeness (QED) is 0.723. The normalized spacial score (nSPS) is 10.2. The summed E-state index contributed by atoms with van der Waals surface area (Å²) in [5.74, 6) is 0.164. The number of hydrogen-bond donors (Lipinski definition) is 2. The minimum atomic E-state index is 0.164. The van der Waals surface area contributed by atoms with Crippen molar-refractivity contribution in [3.8, 4) is 16.9 Å². The van der Waals surface area contributed by atoms with E-state index in [4.69, 9.17) is 17.3 Å². The Morgan fingerprint density at radius 2 is 1.87 bits per heavy atom. The van der Waals surface area contributed by atoms with Crippen LogP contribution in [0.4, 0.5) is 5.69 Å². The Kier molecular flexibility index (Phi) is 2.52. The van der Waals surface area contributed by atoms with E-state index >= 15 is 0 Å². The molecule has 0 bridgehead atoms. The summed E-state index contributed by atoms with van der Waals surface area (Å²) in [7, 11) is 0. The van der Waals surface area contributed by atoms with Gasteiger partial charge in [-0.25, -0.2) is 0 Å². The number of nitrogens with two attached hydrogens (primary N) is 1. The average molecular weight is 220 g/mol. The van der Waals surface area contributed by atoms with Gasteiger partial charge in [-0.15, -0.1) is 0 Å². The van der Waals surface area contributed by atoms with Gasteiger partial charge in [-0.2, -0.15) is 0 Å². The zero-order chi connectivity index (χ0) is 10.8. The lowest BCUT2D eigenvalue weighted by Gasteiger charge is -2.05. The fourth-order valence-corrected chi connectivity index (χ4v) is 1.64. The first-order chi connectivity index (χ1) is 7.16. The minimum absolute atomic E-state index is 0.164. The van der Waals surface area contributed by atoms with Crippen LogP contribution in [0.25, 0.3) is 11.1 Å². The van der Waals surface area contributed by atoms with Crippen molar-refractivity contribution in [2.45, 2.75) is 0 Å². The largest absolute Gasteiger partial charge is 0.507 e. The predicted octanol–water partition coefficient (Wildman–Crippen LogP) is 3.29. The highest BCUT2D eigenvalue weighted by Crippen LogP contribution is 2.31. The van der Waals surface area contributed by atoms with E-state index in [1.165, 1.54) is 6.07 Å². The number of aromatic hydroxyl groups is 1. The third kappa shape index (κ3) is 2.05. The van der Waals surface area contributed by atoms with Gasteiger partial charge >= 0.3 is 0 Å². The fraction of sp³-hybridized carbons (Fsp3) is 0. The standard InChI is InChI=1S/C12H10ClNO/c13-9-3-1-2-8(6-9)11-5-4-10(14)7-12(11)15/h1-7,15H,14H2. The molecule has 15 heavy (non-hydrogen) atoms. The summed E-state index contributed by atoms with van der Waals surface area (Å²) in [5.41, 5.74) is 7.69. The van der Waals surface area contributed by atoms with Gasteiger partial charge < -0.3 is 10.8 Å². The molecule has 0 heterocycles. The first kappa shape index (κ1) is 9.87. The van der Waals surface area contributed by atoms with E-state index in [-0.39, 0.29) is 5.75 Å². The van der Waals surface area contributed by atoms with Gasteiger partial charge in [0.1, 0.15) is 5.75 Å². The zero-order valence-electron chi connectivity index (χ0n) is 7.94. The molecule has 0 saturated heterocycles. The molecule has 3 heteroatoms. The molecule has 0 aromatic heterocycles. The Balaban J connectivity index is 2.54. The molecule has 0 aliphatic heterocycles. The summed E-state index contributed by atoms with van der Waals surface area (Å²) in [4.78, 5) is 0. The predicted molar refractivity (Wildman–Crippen MR) is 63.0 cm³/mol. The van der Waals surface area contributed by atoms with E-state index in [0.717, 1.165) is 11.1 Å². The van der Waals surface area contributed by atoms with Gasteiger partial charge in [-0.1, -0.05) is 23.7 Å². The number of phenols is 1. The molecule has 3 N–H and O–H groups in total. The highest BCUT2D eigenvalue weighted by atomic mass is 35.5. The molecule has 2 nitrogen and oxygen atoms in total. The van der Waals surface area contributed by atoms with Crippen LogP contribution in [0.1, 0.15) is 0 Å². The Morgan fingerprint density at radius 1 is 1.07 bits per heavy atom. The van der Waals surface area contributed by atoms with E-state index in [1.807, 2.05) is 12.1 Å². The molecule has 2 rings (SSSR count). The smallest absolute Gasteiger partial charge is 0.125 e. The summed E-state index contributed by atoms with van der Waals surface area (Å²) >= 11 is 5.87. The second-order valence-corrected chi connectivity index (χ2v) is 3.72. The number of hydrogen-bond acceptors (Lipinski definition) is 2. The monoisotopic (exact) mass is 219 g/mol. The van der Waals surface area contributed by atoms with Crippen LogP contribution >= 0.6 is 11.6 Å². The molecule has 0 atom stereocenters. The number of anilines is 1. The first-order valence-electron chi connectivity index (χ1n) is 4.51. The van der Waals surface area contributed by atoms with Crippen molar-refractivity contribution >= 4 is 17.3 Å². The van der Waals surface area contributed by atoms with Gasteiger partial charge in [-0.05, 0) is 29.8 Å². The van der Waals surface area contributed by atoms with Crippen LogP contribution in [0.3, 0.4) is 0 Å². The molecule has 2 aromatic rings. The summed E-state index contributed by atoms with van der Waals surface area (Å²) in [5, 5.41) is 10.4. The third-order valence-corrected chi connectivity index (χ3v) is 2.39. The number of halogens is 1. The Labute approximate surface area is 92.9 Å². The third-order valence-electron chi connectivity index (χ3n) is 2.16. The lowest BCUT2D eigenvalue weighted by atomic mass is 10.0. The SMILES string of the molecule is Nc1ccc(-c2cccc(Cl)c2)c(O)c1. The van der Waals surface area contributed by atoms with Crippen LogP contribution in [0.5, 0.6) is 5.75 Å². The fourth-order valence-electron chi connectivity index (χ4n) is 1.45.